The van der Waals surface area contributed by atoms with E-state index in [-0.39, 0.29) is 11.1 Å². The molecule has 2 atom stereocenters. The van der Waals surface area contributed by atoms with Crippen molar-refractivity contribution in [3.8, 4) is 0 Å². The van der Waals surface area contributed by atoms with E-state index in [4.69, 9.17) is 0 Å². The van der Waals surface area contributed by atoms with E-state index >= 15 is 0 Å². The first kappa shape index (κ1) is 17.1. The molecule has 22 heavy (non-hydrogen) atoms. The van der Waals surface area contributed by atoms with Gasteiger partial charge in [0.15, 0.2) is 5.03 Å². The van der Waals surface area contributed by atoms with Crippen molar-refractivity contribution in [2.45, 2.75) is 50.4 Å². The van der Waals surface area contributed by atoms with E-state index in [1.54, 1.807) is 11.5 Å². The van der Waals surface area contributed by atoms with Gasteiger partial charge in [0.2, 0.25) is 0 Å². The quantitative estimate of drug-likeness (QED) is 0.808. The molecule has 0 aliphatic carbocycles. The average molecular weight is 343 g/mol. The maximum absolute atomic E-state index is 12.3. The lowest BCUT2D eigenvalue weighted by Crippen LogP contribution is -2.34. The Morgan fingerprint density at radius 2 is 2.14 bits per heavy atom. The van der Waals surface area contributed by atoms with E-state index in [1.165, 1.54) is 23.9 Å². The van der Waals surface area contributed by atoms with Crippen molar-refractivity contribution in [1.29, 1.82) is 0 Å². The van der Waals surface area contributed by atoms with Gasteiger partial charge >= 0.3 is 0 Å². The summed E-state index contributed by atoms with van der Waals surface area (Å²) >= 11 is 1.45. The minimum absolute atomic E-state index is 0.00124. The zero-order chi connectivity index (χ0) is 16.3. The molecule has 2 rings (SSSR count). The average Bonchev–Trinajstić information content (AvgIpc) is 3.10. The van der Waals surface area contributed by atoms with Crippen LogP contribution >= 0.6 is 11.3 Å². The van der Waals surface area contributed by atoms with Gasteiger partial charge in [-0.3, -0.25) is 0 Å². The Kier molecular flexibility index (Phi) is 5.38. The number of rotatable bonds is 7. The summed E-state index contributed by atoms with van der Waals surface area (Å²) in [6, 6.07) is 3.44. The molecule has 0 aromatic carbocycles. The first-order chi connectivity index (χ1) is 10.3. The zero-order valence-corrected chi connectivity index (χ0v) is 14.4. The van der Waals surface area contributed by atoms with Crippen LogP contribution in [0, 0.1) is 0 Å². The van der Waals surface area contributed by atoms with Crippen LogP contribution in [0.15, 0.2) is 35.1 Å². The molecular formula is C14H21N3O3S2. The van der Waals surface area contributed by atoms with E-state index in [1.807, 2.05) is 31.4 Å². The summed E-state index contributed by atoms with van der Waals surface area (Å²) in [5.74, 6) is 0. The van der Waals surface area contributed by atoms with Gasteiger partial charge in [0.1, 0.15) is 0 Å². The maximum atomic E-state index is 12.3. The van der Waals surface area contributed by atoms with E-state index in [0.717, 1.165) is 4.88 Å². The number of nitrogens with zero attached hydrogens (tertiary/aromatic N) is 2. The van der Waals surface area contributed by atoms with Crippen LogP contribution < -0.4 is 4.72 Å². The van der Waals surface area contributed by atoms with E-state index in [2.05, 4.69) is 9.71 Å². The van der Waals surface area contributed by atoms with Crippen LogP contribution in [0.4, 0.5) is 0 Å². The van der Waals surface area contributed by atoms with Gasteiger partial charge in [-0.2, -0.15) is 0 Å². The van der Waals surface area contributed by atoms with Crippen molar-refractivity contribution < 1.29 is 13.5 Å². The summed E-state index contributed by atoms with van der Waals surface area (Å²) < 4.78 is 28.9. The molecule has 2 N–H and O–H groups in total. The number of imidazole rings is 1. The molecule has 2 heterocycles. The monoisotopic (exact) mass is 343 g/mol. The number of thiophene rings is 1. The van der Waals surface area contributed by atoms with Crippen LogP contribution in [0.3, 0.4) is 0 Å². The molecule has 122 valence electrons. The fourth-order valence-electron chi connectivity index (χ4n) is 2.04. The second-order valence-electron chi connectivity index (χ2n) is 5.54. The third-order valence-corrected chi connectivity index (χ3v) is 5.70. The predicted molar refractivity (Wildman–Crippen MR) is 86.3 cm³/mol. The molecular weight excluding hydrogens is 322 g/mol. The highest BCUT2D eigenvalue weighted by molar-refractivity contribution is 7.89. The third kappa shape index (κ3) is 4.16. The molecule has 0 radical (unpaired) electrons. The summed E-state index contributed by atoms with van der Waals surface area (Å²) in [5, 5.41) is 12.0. The summed E-state index contributed by atoms with van der Waals surface area (Å²) in [4.78, 5) is 4.77. The molecule has 2 aromatic heterocycles. The van der Waals surface area contributed by atoms with Gasteiger partial charge in [0, 0.05) is 23.2 Å². The molecule has 2 unspecified atom stereocenters. The van der Waals surface area contributed by atoms with Crippen LogP contribution in [0.2, 0.25) is 0 Å². The summed E-state index contributed by atoms with van der Waals surface area (Å²) in [6.07, 6.45) is 2.65. The number of aliphatic hydroxyl groups excluding tert-OH is 1. The maximum Gasteiger partial charge on any atom is 0.259 e. The molecule has 2 aromatic rings. The zero-order valence-electron chi connectivity index (χ0n) is 12.8. The van der Waals surface area contributed by atoms with Gasteiger partial charge < -0.3 is 9.67 Å². The van der Waals surface area contributed by atoms with E-state index in [9.17, 15) is 13.5 Å². The molecule has 0 fully saturated rings. The van der Waals surface area contributed by atoms with Crippen molar-refractivity contribution in [2.75, 3.05) is 0 Å². The smallest absolute Gasteiger partial charge is 0.259 e. The Morgan fingerprint density at radius 1 is 1.41 bits per heavy atom. The molecule has 0 aliphatic heterocycles. The fraction of sp³-hybridized carbons (Fsp3) is 0.500. The van der Waals surface area contributed by atoms with Gasteiger partial charge in [-0.15, -0.1) is 11.3 Å². The van der Waals surface area contributed by atoms with Gasteiger partial charge in [-0.05, 0) is 38.6 Å². The highest BCUT2D eigenvalue weighted by Gasteiger charge is 2.22. The molecule has 0 saturated heterocycles. The SMILES string of the molecule is CC(CC(O)c1cccs1)NS(=O)(=O)c1cn(C(C)C)cn1. The Balaban J connectivity index is 2.01. The van der Waals surface area contributed by atoms with E-state index in [0.29, 0.717) is 6.42 Å². The van der Waals surface area contributed by atoms with Crippen LogP contribution in [-0.2, 0) is 10.0 Å². The number of nitrogens with one attached hydrogen (secondary N) is 1. The summed E-state index contributed by atoms with van der Waals surface area (Å²) in [7, 11) is -3.68. The normalized spacial score (nSPS) is 15.1. The topological polar surface area (TPSA) is 84.2 Å². The lowest BCUT2D eigenvalue weighted by molar-refractivity contribution is 0.161. The largest absolute Gasteiger partial charge is 0.388 e. The predicted octanol–water partition coefficient (Wildman–Crippen LogP) is 2.32. The number of aliphatic hydroxyl groups is 1. The highest BCUT2D eigenvalue weighted by Crippen LogP contribution is 2.23. The first-order valence-electron chi connectivity index (χ1n) is 7.07. The van der Waals surface area contributed by atoms with Crippen molar-refractivity contribution in [1.82, 2.24) is 14.3 Å². The van der Waals surface area contributed by atoms with Crippen molar-refractivity contribution in [3.63, 3.8) is 0 Å². The molecule has 0 bridgehead atoms. The van der Waals surface area contributed by atoms with E-state index < -0.39 is 22.2 Å². The molecule has 6 nitrogen and oxygen atoms in total. The number of sulfonamides is 1. The summed E-state index contributed by atoms with van der Waals surface area (Å²) in [6.45, 7) is 5.63. The second-order valence-corrected chi connectivity index (χ2v) is 8.18. The number of aromatic nitrogens is 2. The van der Waals surface area contributed by atoms with Crippen LogP contribution in [0.25, 0.3) is 0 Å². The standard InChI is InChI=1S/C14H21N3O3S2/c1-10(2)17-8-14(15-9-17)22(19,20)16-11(3)7-12(18)13-5-4-6-21-13/h4-6,8-12,16,18H,7H2,1-3H3. The lowest BCUT2D eigenvalue weighted by atomic mass is 10.1. The lowest BCUT2D eigenvalue weighted by Gasteiger charge is -2.16. The van der Waals surface area contributed by atoms with Crippen LogP contribution in [0.5, 0.6) is 0 Å². The third-order valence-electron chi connectivity index (χ3n) is 3.25. The minimum Gasteiger partial charge on any atom is -0.388 e. The molecule has 0 spiro atoms. The van der Waals surface area contributed by atoms with Crippen LogP contribution in [-0.4, -0.2) is 29.1 Å². The Bertz CT molecular complexity index is 693. The number of hydrogen-bond donors (Lipinski definition) is 2. The van der Waals surface area contributed by atoms with Gasteiger partial charge in [0.25, 0.3) is 10.0 Å². The van der Waals surface area contributed by atoms with Crippen molar-refractivity contribution in [2.24, 2.45) is 0 Å². The van der Waals surface area contributed by atoms with Crippen molar-refractivity contribution in [3.05, 3.63) is 34.9 Å². The first-order valence-corrected chi connectivity index (χ1v) is 9.43. The second kappa shape index (κ2) is 6.91. The Labute approximate surface area is 134 Å². The van der Waals surface area contributed by atoms with Crippen LogP contribution in [0.1, 0.15) is 44.2 Å². The highest BCUT2D eigenvalue weighted by atomic mass is 32.2. The molecule has 0 saturated carbocycles. The molecule has 0 amide bonds. The van der Waals surface area contributed by atoms with Gasteiger partial charge in [-0.1, -0.05) is 6.07 Å². The Hall–Kier alpha value is -1.22. The number of hydrogen-bond acceptors (Lipinski definition) is 5. The van der Waals surface area contributed by atoms with Gasteiger partial charge in [0.05, 0.1) is 12.4 Å². The fourth-order valence-corrected chi connectivity index (χ4v) is 3.96. The minimum atomic E-state index is -3.68. The molecule has 0 aliphatic rings. The summed E-state index contributed by atoms with van der Waals surface area (Å²) in [5.41, 5.74) is 0. The Morgan fingerprint density at radius 3 is 2.68 bits per heavy atom. The van der Waals surface area contributed by atoms with Gasteiger partial charge in [-0.25, -0.2) is 18.1 Å². The van der Waals surface area contributed by atoms with Crippen molar-refractivity contribution >= 4 is 21.4 Å². The molecule has 8 heteroatoms.